The van der Waals surface area contributed by atoms with Gasteiger partial charge in [-0.05, 0) is 49.8 Å². The first-order chi connectivity index (χ1) is 15.2. The Balaban J connectivity index is 1.26. The van der Waals surface area contributed by atoms with Crippen molar-refractivity contribution in [3.05, 3.63) is 81.0 Å². The number of nitrogens with one attached hydrogen (secondary N) is 1. The molecule has 4 aromatic rings. The molecule has 1 aliphatic carbocycles. The Hall–Kier alpha value is -2.77. The summed E-state index contributed by atoms with van der Waals surface area (Å²) in [6.07, 6.45) is 10.7. The van der Waals surface area contributed by atoms with Crippen molar-refractivity contribution >= 4 is 21.6 Å². The van der Waals surface area contributed by atoms with E-state index in [1.54, 1.807) is 33.1 Å². The predicted molar refractivity (Wildman–Crippen MR) is 125 cm³/mol. The van der Waals surface area contributed by atoms with Crippen LogP contribution in [0.25, 0.3) is 10.2 Å². The zero-order valence-corrected chi connectivity index (χ0v) is 18.6. The highest BCUT2D eigenvalue weighted by Gasteiger charge is 2.25. The molecule has 0 saturated carbocycles. The Kier molecular flexibility index (Phi) is 5.70. The fourth-order valence-corrected chi connectivity index (χ4v) is 5.74. The molecule has 0 spiro atoms. The summed E-state index contributed by atoms with van der Waals surface area (Å²) in [5.74, 6) is 0. The zero-order chi connectivity index (χ0) is 21.2. The highest BCUT2D eigenvalue weighted by molar-refractivity contribution is 7.18. The minimum absolute atomic E-state index is 0.0700. The monoisotopic (exact) mass is 433 g/mol. The van der Waals surface area contributed by atoms with Crippen LogP contribution in [0.4, 0.5) is 0 Å². The van der Waals surface area contributed by atoms with E-state index < -0.39 is 0 Å². The smallest absolute Gasteiger partial charge is 0.262 e. The van der Waals surface area contributed by atoms with Crippen LogP contribution in [0, 0.1) is 0 Å². The average Bonchev–Trinajstić information content (AvgIpc) is 3.36. The van der Waals surface area contributed by atoms with Crippen molar-refractivity contribution in [1.29, 1.82) is 0 Å². The molecule has 0 radical (unpaired) electrons. The minimum atomic E-state index is 0.0700. The fraction of sp³-hybridized carbons (Fsp3) is 0.375. The largest absolute Gasteiger partial charge is 0.314 e. The maximum Gasteiger partial charge on any atom is 0.262 e. The van der Waals surface area contributed by atoms with Crippen LogP contribution in [0.3, 0.4) is 0 Å². The van der Waals surface area contributed by atoms with Crippen molar-refractivity contribution in [2.45, 2.75) is 44.7 Å². The molecule has 3 aromatic heterocycles. The Labute approximate surface area is 185 Å². The lowest BCUT2D eigenvalue weighted by Crippen LogP contribution is -2.35. The highest BCUT2D eigenvalue weighted by atomic mass is 32.1. The van der Waals surface area contributed by atoms with Gasteiger partial charge < -0.3 is 5.32 Å². The summed E-state index contributed by atoms with van der Waals surface area (Å²) in [6.45, 7) is 1.53. The first kappa shape index (κ1) is 20.2. The van der Waals surface area contributed by atoms with E-state index in [4.69, 9.17) is 0 Å². The fourth-order valence-electron chi connectivity index (χ4n) is 4.48. The van der Waals surface area contributed by atoms with Crippen molar-refractivity contribution in [3.8, 4) is 0 Å². The molecule has 3 heterocycles. The summed E-state index contributed by atoms with van der Waals surface area (Å²) in [5.41, 5.74) is 3.70. The van der Waals surface area contributed by atoms with E-state index in [-0.39, 0.29) is 5.56 Å². The highest BCUT2D eigenvalue weighted by Crippen LogP contribution is 2.33. The van der Waals surface area contributed by atoms with Gasteiger partial charge in [0.1, 0.15) is 4.83 Å². The van der Waals surface area contributed by atoms with Gasteiger partial charge in [-0.1, -0.05) is 30.3 Å². The number of benzene rings is 1. The standard InChI is InChI=1S/C24H27N5OS/c1-28-14-18(13-27-28)15-29-16-26-23-22(24(29)30)20-10-9-19(12-21(20)31-23)25-11-5-8-17-6-3-2-4-7-17/h2-4,6-7,13-14,16,19,25H,5,8-12,15H2,1H3. The number of hydrogen-bond acceptors (Lipinski definition) is 5. The lowest BCUT2D eigenvalue weighted by Gasteiger charge is -2.23. The second kappa shape index (κ2) is 8.77. The van der Waals surface area contributed by atoms with Gasteiger partial charge in [-0.3, -0.25) is 14.0 Å². The van der Waals surface area contributed by atoms with E-state index in [9.17, 15) is 4.79 Å². The summed E-state index contributed by atoms with van der Waals surface area (Å²) in [5, 5.41) is 8.76. The first-order valence-corrected chi connectivity index (χ1v) is 11.7. The third-order valence-corrected chi connectivity index (χ3v) is 7.23. The number of fused-ring (bicyclic) bond motifs is 3. The second-order valence-electron chi connectivity index (χ2n) is 8.37. The van der Waals surface area contributed by atoms with Gasteiger partial charge in [-0.25, -0.2) is 4.98 Å². The molecule has 1 aromatic carbocycles. The molecule has 0 amide bonds. The van der Waals surface area contributed by atoms with Crippen molar-refractivity contribution in [1.82, 2.24) is 24.6 Å². The Bertz CT molecular complexity index is 1240. The molecule has 6 nitrogen and oxygen atoms in total. The summed E-state index contributed by atoms with van der Waals surface area (Å²) in [4.78, 5) is 20.0. The summed E-state index contributed by atoms with van der Waals surface area (Å²) < 4.78 is 3.46. The van der Waals surface area contributed by atoms with E-state index in [1.165, 1.54) is 16.0 Å². The zero-order valence-electron chi connectivity index (χ0n) is 17.8. The third kappa shape index (κ3) is 4.34. The number of aromatic nitrogens is 4. The van der Waals surface area contributed by atoms with Crippen molar-refractivity contribution < 1.29 is 0 Å². The lowest BCUT2D eigenvalue weighted by molar-refractivity contribution is 0.459. The van der Waals surface area contributed by atoms with Gasteiger partial charge in [0.05, 0.1) is 24.5 Å². The number of rotatable bonds is 7. The van der Waals surface area contributed by atoms with Gasteiger partial charge in [0.15, 0.2) is 0 Å². The van der Waals surface area contributed by atoms with Crippen LogP contribution >= 0.6 is 11.3 Å². The first-order valence-electron chi connectivity index (χ1n) is 10.9. The molecule has 7 heteroatoms. The SMILES string of the molecule is Cn1cc(Cn2cnc3sc4c(c3c2=O)CCC(NCCCc2ccccc2)C4)cn1. The molecule has 160 valence electrons. The molecular weight excluding hydrogens is 406 g/mol. The van der Waals surface area contributed by atoms with Gasteiger partial charge in [0.25, 0.3) is 5.56 Å². The Morgan fingerprint density at radius 1 is 1.23 bits per heavy atom. The Morgan fingerprint density at radius 3 is 2.90 bits per heavy atom. The van der Waals surface area contributed by atoms with Crippen LogP contribution in [0.2, 0.25) is 0 Å². The van der Waals surface area contributed by atoms with Crippen molar-refractivity contribution in [2.24, 2.45) is 7.05 Å². The molecule has 31 heavy (non-hydrogen) atoms. The van der Waals surface area contributed by atoms with Crippen LogP contribution in [-0.2, 0) is 32.9 Å². The molecule has 1 N–H and O–H groups in total. The molecule has 1 unspecified atom stereocenters. The second-order valence-corrected chi connectivity index (χ2v) is 9.45. The third-order valence-electron chi connectivity index (χ3n) is 6.07. The molecule has 0 aliphatic heterocycles. The van der Waals surface area contributed by atoms with E-state index in [0.717, 1.165) is 54.4 Å². The van der Waals surface area contributed by atoms with Crippen molar-refractivity contribution in [2.75, 3.05) is 6.54 Å². The van der Waals surface area contributed by atoms with Crippen LogP contribution < -0.4 is 10.9 Å². The van der Waals surface area contributed by atoms with E-state index in [1.807, 2.05) is 13.2 Å². The number of nitrogens with zero attached hydrogens (tertiary/aromatic N) is 4. The van der Waals surface area contributed by atoms with Gasteiger partial charge in [-0.2, -0.15) is 5.10 Å². The Morgan fingerprint density at radius 2 is 2.10 bits per heavy atom. The summed E-state index contributed by atoms with van der Waals surface area (Å²) in [7, 11) is 1.88. The molecule has 0 fully saturated rings. The lowest BCUT2D eigenvalue weighted by atomic mass is 9.93. The number of hydrogen-bond donors (Lipinski definition) is 1. The average molecular weight is 434 g/mol. The van der Waals surface area contributed by atoms with Crippen LogP contribution in [-0.4, -0.2) is 31.9 Å². The summed E-state index contributed by atoms with van der Waals surface area (Å²) >= 11 is 1.69. The van der Waals surface area contributed by atoms with Crippen molar-refractivity contribution in [3.63, 3.8) is 0 Å². The van der Waals surface area contributed by atoms with Gasteiger partial charge in [0.2, 0.25) is 0 Å². The van der Waals surface area contributed by atoms with Crippen LogP contribution in [0.5, 0.6) is 0 Å². The van der Waals surface area contributed by atoms with Gasteiger partial charge in [-0.15, -0.1) is 11.3 Å². The molecule has 1 atom stereocenters. The van der Waals surface area contributed by atoms with Gasteiger partial charge >= 0.3 is 0 Å². The van der Waals surface area contributed by atoms with E-state index in [0.29, 0.717) is 12.6 Å². The van der Waals surface area contributed by atoms with E-state index >= 15 is 0 Å². The molecule has 1 aliphatic rings. The molecule has 5 rings (SSSR count). The molecule has 0 bridgehead atoms. The normalized spacial score (nSPS) is 16.0. The van der Waals surface area contributed by atoms with Crippen LogP contribution in [0.1, 0.15) is 34.4 Å². The number of thiophene rings is 1. The number of aryl methyl sites for hydroxylation is 3. The summed E-state index contributed by atoms with van der Waals surface area (Å²) in [6, 6.07) is 11.1. The maximum absolute atomic E-state index is 13.2. The van der Waals surface area contributed by atoms with Crippen LogP contribution in [0.15, 0.2) is 53.8 Å². The van der Waals surface area contributed by atoms with E-state index in [2.05, 4.69) is 45.7 Å². The quantitative estimate of drug-likeness (QED) is 0.454. The molecule has 0 saturated heterocycles. The predicted octanol–water partition coefficient (Wildman–Crippen LogP) is 3.32. The minimum Gasteiger partial charge on any atom is -0.314 e. The maximum atomic E-state index is 13.2. The topological polar surface area (TPSA) is 64.7 Å². The molecular formula is C24H27N5OS. The van der Waals surface area contributed by atoms with Gasteiger partial charge in [0, 0.05) is 29.7 Å².